The first-order valence-corrected chi connectivity index (χ1v) is 12.6. The van der Waals surface area contributed by atoms with Crippen molar-refractivity contribution in [2.45, 2.75) is 16.7 Å². The zero-order valence-electron chi connectivity index (χ0n) is 17.2. The van der Waals surface area contributed by atoms with Gasteiger partial charge in [-0.15, -0.1) is 10.2 Å². The molecule has 176 valence electrons. The Morgan fingerprint density at radius 1 is 0.941 bits per heavy atom. The Morgan fingerprint density at radius 3 is 2.32 bits per heavy atom. The Bertz CT molecular complexity index is 1760. The van der Waals surface area contributed by atoms with Gasteiger partial charge >= 0.3 is 0 Å². The molecule has 0 spiro atoms. The highest BCUT2D eigenvalue weighted by Crippen LogP contribution is 2.33. The minimum atomic E-state index is -4.69. The number of H-pyrrole nitrogens is 1. The van der Waals surface area contributed by atoms with E-state index in [1.165, 1.54) is 25.1 Å². The Balaban J connectivity index is 1.86. The van der Waals surface area contributed by atoms with Gasteiger partial charge in [0.15, 0.2) is 5.69 Å². The molecule has 0 atom stereocenters. The summed E-state index contributed by atoms with van der Waals surface area (Å²) in [6.45, 7) is 1.48. The fourth-order valence-corrected chi connectivity index (χ4v) is 4.87. The molecule has 3 N–H and O–H groups in total. The average Bonchev–Trinajstić information content (AvgIpc) is 3.03. The number of rotatable bonds is 5. The molecule has 0 amide bonds. The summed E-state index contributed by atoms with van der Waals surface area (Å²) in [6.07, 6.45) is 0. The van der Waals surface area contributed by atoms with Gasteiger partial charge in [0.05, 0.1) is 21.3 Å². The molecule has 0 aliphatic heterocycles. The topological polar surface area (TPSA) is 171 Å². The van der Waals surface area contributed by atoms with Crippen molar-refractivity contribution < 1.29 is 25.9 Å². The number of fused-ring (bicyclic) bond motifs is 1. The number of aromatic amines is 1. The second-order valence-electron chi connectivity index (χ2n) is 7.12. The molecule has 1 heterocycles. The summed E-state index contributed by atoms with van der Waals surface area (Å²) in [7, 11) is -9.25. The van der Waals surface area contributed by atoms with E-state index in [1.54, 1.807) is 24.3 Å². The van der Waals surface area contributed by atoms with E-state index in [-0.39, 0.29) is 33.2 Å². The van der Waals surface area contributed by atoms with Crippen LogP contribution in [0.25, 0.3) is 16.5 Å². The Kier molecular flexibility index (Phi) is 5.91. The first-order chi connectivity index (χ1) is 15.9. The van der Waals surface area contributed by atoms with E-state index >= 15 is 0 Å². The van der Waals surface area contributed by atoms with Crippen LogP contribution in [0.1, 0.15) is 5.69 Å². The highest BCUT2D eigenvalue weighted by Gasteiger charge is 2.21. The van der Waals surface area contributed by atoms with Crippen molar-refractivity contribution in [3.05, 3.63) is 75.7 Å². The van der Waals surface area contributed by atoms with E-state index < -0.39 is 35.6 Å². The highest BCUT2D eigenvalue weighted by atomic mass is 35.5. The third kappa shape index (κ3) is 4.38. The van der Waals surface area contributed by atoms with Crippen molar-refractivity contribution >= 4 is 54.0 Å². The van der Waals surface area contributed by atoms with Gasteiger partial charge in [-0.3, -0.25) is 19.0 Å². The van der Waals surface area contributed by atoms with E-state index in [9.17, 15) is 30.7 Å². The lowest BCUT2D eigenvalue weighted by Crippen LogP contribution is -2.15. The van der Waals surface area contributed by atoms with Gasteiger partial charge in [0.25, 0.3) is 25.8 Å². The number of benzene rings is 3. The molecule has 34 heavy (non-hydrogen) atoms. The highest BCUT2D eigenvalue weighted by molar-refractivity contribution is 7.86. The quantitative estimate of drug-likeness (QED) is 0.260. The van der Waals surface area contributed by atoms with Crippen LogP contribution in [-0.4, -0.2) is 35.7 Å². The zero-order valence-corrected chi connectivity index (χ0v) is 19.6. The van der Waals surface area contributed by atoms with Crippen LogP contribution in [0.4, 0.5) is 11.4 Å². The molecule has 3 aromatic carbocycles. The molecule has 0 radical (unpaired) electrons. The monoisotopic (exact) mass is 522 g/mol. The van der Waals surface area contributed by atoms with E-state index in [0.29, 0.717) is 5.39 Å². The Morgan fingerprint density at radius 2 is 1.65 bits per heavy atom. The zero-order chi connectivity index (χ0) is 24.8. The van der Waals surface area contributed by atoms with E-state index in [2.05, 4.69) is 15.3 Å². The van der Waals surface area contributed by atoms with Crippen molar-refractivity contribution in [3.8, 4) is 5.69 Å². The molecule has 4 rings (SSSR count). The van der Waals surface area contributed by atoms with Gasteiger partial charge in [0.2, 0.25) is 0 Å². The van der Waals surface area contributed by atoms with Crippen molar-refractivity contribution in [2.75, 3.05) is 0 Å². The van der Waals surface area contributed by atoms with Gasteiger partial charge in [0.1, 0.15) is 10.6 Å². The second kappa shape index (κ2) is 8.45. The van der Waals surface area contributed by atoms with Gasteiger partial charge in [-0.2, -0.15) is 16.8 Å². The molecule has 11 nitrogen and oxygen atoms in total. The summed E-state index contributed by atoms with van der Waals surface area (Å²) in [5, 5.41) is 11.2. The summed E-state index contributed by atoms with van der Waals surface area (Å²) in [5.41, 5.74) is -1.06. The predicted molar refractivity (Wildman–Crippen MR) is 124 cm³/mol. The Hall–Kier alpha value is -3.36. The van der Waals surface area contributed by atoms with E-state index in [0.717, 1.165) is 16.8 Å². The van der Waals surface area contributed by atoms with Gasteiger partial charge < -0.3 is 0 Å². The lowest BCUT2D eigenvalue weighted by molar-refractivity contribution is 0.481. The number of nitrogens with zero attached hydrogens (tertiary/aromatic N) is 3. The van der Waals surface area contributed by atoms with Crippen molar-refractivity contribution in [1.82, 2.24) is 9.78 Å². The number of hydrogen-bond acceptors (Lipinski definition) is 7. The summed E-state index contributed by atoms with van der Waals surface area (Å²) in [5.74, 6) is 0. The van der Waals surface area contributed by atoms with Gasteiger partial charge in [-0.25, -0.2) is 4.68 Å². The van der Waals surface area contributed by atoms with Crippen LogP contribution in [0, 0.1) is 6.92 Å². The van der Waals surface area contributed by atoms with E-state index in [1.807, 2.05) is 0 Å². The molecular weight excluding hydrogens is 508 g/mol. The SMILES string of the molecule is Cc1[nH]n(-c2cc(S(=O)(=O)O)ccc2Cl)c(=O)c1N=Nc1ccc2ccccc2c1S(=O)(=O)O. The Labute approximate surface area is 197 Å². The predicted octanol–water partition coefficient (Wildman–Crippen LogP) is 4.19. The summed E-state index contributed by atoms with van der Waals surface area (Å²) in [6, 6.07) is 12.6. The molecule has 0 bridgehead atoms. The number of hydrogen-bond donors (Lipinski definition) is 3. The average molecular weight is 523 g/mol. The van der Waals surface area contributed by atoms with Crippen LogP contribution < -0.4 is 5.56 Å². The maximum Gasteiger partial charge on any atom is 0.299 e. The molecule has 0 saturated carbocycles. The molecule has 0 fully saturated rings. The number of aromatic nitrogens is 2. The fraction of sp³-hybridized carbons (Fsp3) is 0.0500. The largest absolute Gasteiger partial charge is 0.299 e. The van der Waals surface area contributed by atoms with Crippen LogP contribution in [0.5, 0.6) is 0 Å². The molecule has 1 aromatic heterocycles. The minimum Gasteiger partial charge on any atom is -0.293 e. The van der Waals surface area contributed by atoms with Crippen molar-refractivity contribution in [2.24, 2.45) is 10.2 Å². The van der Waals surface area contributed by atoms with Gasteiger partial charge in [0, 0.05) is 5.39 Å². The number of azo groups is 1. The van der Waals surface area contributed by atoms with Crippen LogP contribution in [0.2, 0.25) is 5.02 Å². The minimum absolute atomic E-state index is 0.00225. The normalized spacial score (nSPS) is 12.6. The van der Waals surface area contributed by atoms with Crippen molar-refractivity contribution in [3.63, 3.8) is 0 Å². The van der Waals surface area contributed by atoms with Crippen LogP contribution in [0.15, 0.2) is 79.4 Å². The van der Waals surface area contributed by atoms with Gasteiger partial charge in [-0.05, 0) is 36.6 Å². The standard InChI is InChI=1S/C20H15ClN4O7S2/c1-11-18(20(26)25(24-11)17-10-13(33(27,28)29)7-8-15(17)21)23-22-16-9-6-12-4-2-3-5-14(12)19(16)34(30,31)32/h2-10,24H,1H3,(H,27,28,29)(H,30,31,32). The summed E-state index contributed by atoms with van der Waals surface area (Å²) in [4.78, 5) is 12.0. The third-order valence-electron chi connectivity index (χ3n) is 4.87. The third-order valence-corrected chi connectivity index (χ3v) is 6.99. The molecule has 0 aliphatic carbocycles. The maximum atomic E-state index is 13.0. The van der Waals surface area contributed by atoms with Crippen LogP contribution in [-0.2, 0) is 20.2 Å². The molecule has 0 unspecified atom stereocenters. The van der Waals surface area contributed by atoms with Crippen LogP contribution in [0.3, 0.4) is 0 Å². The summed E-state index contributed by atoms with van der Waals surface area (Å²) >= 11 is 6.11. The van der Waals surface area contributed by atoms with Crippen molar-refractivity contribution in [1.29, 1.82) is 0 Å². The second-order valence-corrected chi connectivity index (χ2v) is 10.3. The smallest absolute Gasteiger partial charge is 0.293 e. The molecule has 0 saturated heterocycles. The molecule has 14 heteroatoms. The summed E-state index contributed by atoms with van der Waals surface area (Å²) < 4.78 is 67.0. The maximum absolute atomic E-state index is 13.0. The number of nitrogens with one attached hydrogen (secondary N) is 1. The van der Waals surface area contributed by atoms with Crippen LogP contribution >= 0.6 is 11.6 Å². The fourth-order valence-electron chi connectivity index (χ4n) is 3.33. The molecule has 0 aliphatic rings. The molecule has 4 aromatic rings. The first-order valence-electron chi connectivity index (χ1n) is 9.38. The first kappa shape index (κ1) is 23.8. The molecular formula is C20H15ClN4O7S2. The lowest BCUT2D eigenvalue weighted by atomic mass is 10.1. The number of halogens is 1. The number of aryl methyl sites for hydroxylation is 1. The lowest BCUT2D eigenvalue weighted by Gasteiger charge is -2.06. The van der Waals surface area contributed by atoms with Gasteiger partial charge in [-0.1, -0.05) is 41.9 Å². The van der Waals surface area contributed by atoms with E-state index in [4.69, 9.17) is 11.6 Å².